The molecule has 0 radical (unpaired) electrons. The number of anilines is 2. The van der Waals surface area contributed by atoms with E-state index in [2.05, 4.69) is 21.1 Å². The number of nitrogens with zero attached hydrogens (tertiary/aromatic N) is 2. The minimum atomic E-state index is -4.91. The molecular formula is C34H36N4Na2O16S2. The van der Waals surface area contributed by atoms with Crippen molar-refractivity contribution in [3.63, 3.8) is 0 Å². The molecule has 0 aromatic heterocycles. The van der Waals surface area contributed by atoms with Crippen molar-refractivity contribution in [3.8, 4) is 22.6 Å². The summed E-state index contributed by atoms with van der Waals surface area (Å²) in [7, 11) is -7.00. The quantitative estimate of drug-likeness (QED) is 0.0901. The van der Waals surface area contributed by atoms with Crippen molar-refractivity contribution in [2.45, 2.75) is 0 Å². The van der Waals surface area contributed by atoms with Gasteiger partial charge in [0.2, 0.25) is 11.6 Å². The Morgan fingerprint density at radius 3 is 1.12 bits per heavy atom. The summed E-state index contributed by atoms with van der Waals surface area (Å²) in [6.07, 6.45) is 1.86. The number of hydrazone groups is 2. The number of fused-ring (bicyclic) bond motifs is 2. The van der Waals surface area contributed by atoms with Gasteiger partial charge < -0.3 is 51.4 Å². The number of allylic oxidation sites excluding steroid dienone is 2. The average Bonchev–Trinajstić information content (AvgIpc) is 3.10. The van der Waals surface area contributed by atoms with Gasteiger partial charge >= 0.3 is 59.1 Å². The summed E-state index contributed by atoms with van der Waals surface area (Å²) in [6, 6.07) is 21.7. The van der Waals surface area contributed by atoms with E-state index in [4.69, 9.17) is 9.47 Å². The largest absolute Gasteiger partial charge is 1.00 e. The molecule has 302 valence electrons. The molecule has 20 nitrogen and oxygen atoms in total. The van der Waals surface area contributed by atoms with Crippen LogP contribution < -0.4 is 79.4 Å². The first kappa shape index (κ1) is 58.1. The Hall–Kier alpha value is -4.18. The van der Waals surface area contributed by atoms with Crippen LogP contribution >= 0.6 is 0 Å². The van der Waals surface area contributed by atoms with E-state index in [1.807, 2.05) is 0 Å². The number of rotatable bonds is 9. The smallest absolute Gasteiger partial charge is 0.744 e. The summed E-state index contributed by atoms with van der Waals surface area (Å²) in [5, 5.41) is 8.16. The van der Waals surface area contributed by atoms with Crippen LogP contribution in [0.15, 0.2) is 107 Å². The molecule has 0 bridgehead atoms. The number of Topliss-reactive ketones (excluding diaryl/α,β-unsaturated/α-hetero) is 2. The number of hydrogen-bond donors (Lipinski definition) is 2. The molecule has 4 aromatic rings. The standard InChI is InChI=1S/C34H26N4O10S2.2Na.6H2O/c1-47-29-15-19(11-13-25(29)35-37-27-17-31(49(41,42)43)21-7-3-5-9-23(21)33(27)39)20-12-14-26(30(16-20)48-2)36-38-28-18-32(50(44,45)46)22-8-4-6-10-24(22)34(28)40;;;;;;;;/h3-18,35-36H,1-2H3,(H,41,42,43)(H,44,45,46);;;6*1H2/q;2*+1;;;;;;/p-2/b37-27-,38-28+;;;;;;;;. The van der Waals surface area contributed by atoms with Gasteiger partial charge in [0.05, 0.1) is 35.4 Å². The molecule has 2 aliphatic carbocycles. The molecule has 0 spiro atoms. The van der Waals surface area contributed by atoms with Crippen molar-refractivity contribution in [3.05, 3.63) is 119 Å². The van der Waals surface area contributed by atoms with E-state index in [-0.39, 0.29) is 126 Å². The molecule has 0 amide bonds. The van der Waals surface area contributed by atoms with E-state index >= 15 is 0 Å². The van der Waals surface area contributed by atoms with Gasteiger partial charge in [0.25, 0.3) is 0 Å². The molecule has 24 heteroatoms. The fourth-order valence-electron chi connectivity index (χ4n) is 5.35. The topological polar surface area (TPSA) is 405 Å². The van der Waals surface area contributed by atoms with Crippen molar-refractivity contribution in [2.75, 3.05) is 25.1 Å². The van der Waals surface area contributed by atoms with Gasteiger partial charge in [-0.25, -0.2) is 16.8 Å². The maximum atomic E-state index is 13.0. The Morgan fingerprint density at radius 2 is 0.828 bits per heavy atom. The molecule has 58 heavy (non-hydrogen) atoms. The zero-order chi connectivity index (χ0) is 35.8. The second kappa shape index (κ2) is 23.4. The molecule has 14 N–H and O–H groups in total. The van der Waals surface area contributed by atoms with Crippen molar-refractivity contribution in [1.29, 1.82) is 0 Å². The number of ketones is 2. The maximum Gasteiger partial charge on any atom is 1.00 e. The summed E-state index contributed by atoms with van der Waals surface area (Å²) in [4.78, 5) is 24.9. The third kappa shape index (κ3) is 12.0. The molecule has 4 aromatic carbocycles. The average molecular weight is 867 g/mol. The summed E-state index contributed by atoms with van der Waals surface area (Å²) < 4.78 is 82.6. The van der Waals surface area contributed by atoms with Gasteiger partial charge in [-0.3, -0.25) is 20.4 Å². The van der Waals surface area contributed by atoms with Crippen molar-refractivity contribution in [2.24, 2.45) is 10.2 Å². The zero-order valence-corrected chi connectivity index (χ0v) is 36.7. The van der Waals surface area contributed by atoms with Crippen LogP contribution in [0.5, 0.6) is 11.5 Å². The fourth-order valence-corrected chi connectivity index (χ4v) is 6.76. The first-order chi connectivity index (χ1) is 23.8. The van der Waals surface area contributed by atoms with Gasteiger partial charge in [-0.15, -0.1) is 0 Å². The maximum absolute atomic E-state index is 13.0. The van der Waals surface area contributed by atoms with Gasteiger partial charge in [-0.2, -0.15) is 10.2 Å². The molecule has 2 aliphatic rings. The Labute approximate surface area is 375 Å². The summed E-state index contributed by atoms with van der Waals surface area (Å²) in [5.41, 5.74) is 6.86. The molecule has 0 aliphatic heterocycles. The Balaban J connectivity index is -0.00000378. The summed E-state index contributed by atoms with van der Waals surface area (Å²) in [5.74, 6) is -0.551. The monoisotopic (exact) mass is 866 g/mol. The molecule has 0 heterocycles. The number of benzene rings is 4. The van der Waals surface area contributed by atoms with Crippen LogP contribution in [0.2, 0.25) is 0 Å². The number of nitrogens with one attached hydrogen (secondary N) is 2. The predicted molar refractivity (Wildman–Crippen MR) is 206 cm³/mol. The van der Waals surface area contributed by atoms with E-state index in [0.29, 0.717) is 34.0 Å². The molecule has 6 rings (SSSR count). The fraction of sp³-hybridized carbons (Fsp3) is 0.0588. The zero-order valence-electron chi connectivity index (χ0n) is 31.0. The number of methoxy groups -OCH3 is 2. The van der Waals surface area contributed by atoms with Crippen LogP contribution in [-0.2, 0) is 20.2 Å². The van der Waals surface area contributed by atoms with Crippen LogP contribution in [0, 0.1) is 0 Å². The van der Waals surface area contributed by atoms with Gasteiger partial charge in [-0.1, -0.05) is 60.7 Å². The SMILES string of the molecule is COc1cc(-c2ccc(N/N=C3\C=C(S(=O)(=O)[O-])c4ccccc4C3=O)c(OC)c2)ccc1N/N=C1/C=C(S(=O)(=O)[O-])c2ccccc2C1=O.O.O.O.O.O.O.[Na+].[Na+]. The van der Waals surface area contributed by atoms with E-state index < -0.39 is 41.6 Å². The molecule has 0 unspecified atom stereocenters. The van der Waals surface area contributed by atoms with Crippen molar-refractivity contribution < 1.29 is 137 Å². The summed E-state index contributed by atoms with van der Waals surface area (Å²) >= 11 is 0. The normalized spacial score (nSPS) is 13.7. The number of carbonyl (C=O) groups is 2. The number of hydrogen-bond acceptors (Lipinski definition) is 14. The molecule has 0 atom stereocenters. The minimum absolute atomic E-state index is 0. The van der Waals surface area contributed by atoms with E-state index in [9.17, 15) is 35.5 Å². The number of ether oxygens (including phenoxy) is 2. The number of carbonyl (C=O) groups excluding carboxylic acids is 2. The first-order valence-electron chi connectivity index (χ1n) is 14.5. The van der Waals surface area contributed by atoms with E-state index in [0.717, 1.165) is 12.2 Å². The van der Waals surface area contributed by atoms with Crippen LogP contribution in [0.1, 0.15) is 31.8 Å². The third-order valence-electron chi connectivity index (χ3n) is 7.74. The van der Waals surface area contributed by atoms with Crippen LogP contribution in [0.3, 0.4) is 0 Å². The third-order valence-corrected chi connectivity index (χ3v) is 9.50. The molecule has 0 fully saturated rings. The van der Waals surface area contributed by atoms with E-state index in [1.54, 1.807) is 48.5 Å². The predicted octanol–water partition coefficient (Wildman–Crippen LogP) is -6.47. The van der Waals surface area contributed by atoms with E-state index in [1.165, 1.54) is 50.6 Å². The Bertz CT molecular complexity index is 2300. The van der Waals surface area contributed by atoms with Gasteiger partial charge in [0, 0.05) is 22.3 Å². The molecule has 0 saturated heterocycles. The first-order valence-corrected chi connectivity index (χ1v) is 17.3. The Kier molecular flexibility index (Phi) is 23.5. The van der Waals surface area contributed by atoms with Crippen molar-refractivity contribution >= 4 is 64.4 Å². The van der Waals surface area contributed by atoms with Crippen LogP contribution in [-0.4, -0.2) is 96.0 Å². The van der Waals surface area contributed by atoms with Gasteiger partial charge in [0.15, 0.2) is 0 Å². The second-order valence-electron chi connectivity index (χ2n) is 10.7. The minimum Gasteiger partial charge on any atom is -0.744 e. The molecule has 0 saturated carbocycles. The second-order valence-corrected chi connectivity index (χ2v) is 13.4. The van der Waals surface area contributed by atoms with Crippen LogP contribution in [0.25, 0.3) is 20.9 Å². The van der Waals surface area contributed by atoms with Gasteiger partial charge in [0.1, 0.15) is 43.2 Å². The van der Waals surface area contributed by atoms with Gasteiger partial charge in [-0.05, 0) is 47.5 Å². The molecular weight excluding hydrogens is 831 g/mol. The summed E-state index contributed by atoms with van der Waals surface area (Å²) in [6.45, 7) is 0. The van der Waals surface area contributed by atoms with Crippen molar-refractivity contribution in [1.82, 2.24) is 0 Å². The van der Waals surface area contributed by atoms with Crippen LogP contribution in [0.4, 0.5) is 11.4 Å². The Morgan fingerprint density at radius 1 is 0.517 bits per heavy atom.